The molecule has 1 N–H and O–H groups in total. The molecule has 6 heteroatoms. The molecule has 0 saturated heterocycles. The van der Waals surface area contributed by atoms with Gasteiger partial charge in [0.25, 0.3) is 5.91 Å². The monoisotopic (exact) mass is 389 g/mol. The van der Waals surface area contributed by atoms with E-state index in [-0.39, 0.29) is 17.8 Å². The molecule has 1 amide bonds. The molecule has 0 unspecified atom stereocenters. The molecule has 2 rings (SSSR count). The van der Waals surface area contributed by atoms with Gasteiger partial charge in [0.05, 0.1) is 19.3 Å². The molecule has 152 valence electrons. The number of hydrogen-bond acceptors (Lipinski definition) is 4. The van der Waals surface area contributed by atoms with Crippen LogP contribution in [0.2, 0.25) is 0 Å². The fourth-order valence-corrected chi connectivity index (χ4v) is 2.73. The second kappa shape index (κ2) is 10.5. The zero-order chi connectivity index (χ0) is 20.5. The first-order valence-corrected chi connectivity index (χ1v) is 9.60. The minimum Gasteiger partial charge on any atom is -0.490 e. The SMILES string of the molecule is CCOc1ccc([C@H](C)NC(=O)[C@@H](CC)Oc2ccc(F)cc2)cc1OCC. The number of amides is 1. The Balaban J connectivity index is 2.06. The highest BCUT2D eigenvalue weighted by molar-refractivity contribution is 5.81. The van der Waals surface area contributed by atoms with Crippen molar-refractivity contribution < 1.29 is 23.4 Å². The maximum Gasteiger partial charge on any atom is 0.261 e. The molecular formula is C22H28FNO4. The number of nitrogens with one attached hydrogen (secondary N) is 1. The molecule has 2 aromatic rings. The second-order valence-corrected chi connectivity index (χ2v) is 6.27. The molecule has 0 bridgehead atoms. The minimum absolute atomic E-state index is 0.230. The number of ether oxygens (including phenoxy) is 3. The van der Waals surface area contributed by atoms with E-state index in [1.54, 1.807) is 0 Å². The number of carbonyl (C=O) groups excluding carboxylic acids is 1. The number of hydrogen-bond donors (Lipinski definition) is 1. The summed E-state index contributed by atoms with van der Waals surface area (Å²) in [5, 5.41) is 2.97. The second-order valence-electron chi connectivity index (χ2n) is 6.27. The van der Waals surface area contributed by atoms with Gasteiger partial charge in [-0.05, 0) is 69.2 Å². The number of carbonyl (C=O) groups is 1. The summed E-state index contributed by atoms with van der Waals surface area (Å²) < 4.78 is 30.0. The van der Waals surface area contributed by atoms with Crippen LogP contribution in [0.4, 0.5) is 4.39 Å². The summed E-state index contributed by atoms with van der Waals surface area (Å²) in [6.45, 7) is 8.65. The Morgan fingerprint density at radius 3 is 2.25 bits per heavy atom. The van der Waals surface area contributed by atoms with E-state index in [1.165, 1.54) is 24.3 Å². The Bertz CT molecular complexity index is 764. The molecule has 5 nitrogen and oxygen atoms in total. The molecule has 0 radical (unpaired) electrons. The Morgan fingerprint density at radius 1 is 1.00 bits per heavy atom. The van der Waals surface area contributed by atoms with Crippen molar-refractivity contribution in [2.45, 2.75) is 46.3 Å². The summed E-state index contributed by atoms with van der Waals surface area (Å²) in [5.74, 6) is 1.20. The summed E-state index contributed by atoms with van der Waals surface area (Å²) in [7, 11) is 0. The van der Waals surface area contributed by atoms with E-state index in [4.69, 9.17) is 14.2 Å². The van der Waals surface area contributed by atoms with Crippen molar-refractivity contribution in [3.63, 3.8) is 0 Å². The first kappa shape index (κ1) is 21.5. The van der Waals surface area contributed by atoms with Gasteiger partial charge in [-0.2, -0.15) is 0 Å². The van der Waals surface area contributed by atoms with Gasteiger partial charge in [-0.15, -0.1) is 0 Å². The van der Waals surface area contributed by atoms with Gasteiger partial charge in [-0.3, -0.25) is 4.79 Å². The Morgan fingerprint density at radius 2 is 1.64 bits per heavy atom. The van der Waals surface area contributed by atoms with Crippen molar-refractivity contribution in [1.29, 1.82) is 0 Å². The fourth-order valence-electron chi connectivity index (χ4n) is 2.73. The van der Waals surface area contributed by atoms with Crippen LogP contribution < -0.4 is 19.5 Å². The predicted molar refractivity (Wildman–Crippen MR) is 106 cm³/mol. The van der Waals surface area contributed by atoms with Crippen LogP contribution >= 0.6 is 0 Å². The summed E-state index contributed by atoms with van der Waals surface area (Å²) in [6, 6.07) is 11.0. The molecular weight excluding hydrogens is 361 g/mol. The van der Waals surface area contributed by atoms with Crippen LogP contribution in [0, 0.1) is 5.82 Å². The van der Waals surface area contributed by atoms with Gasteiger partial charge in [0.2, 0.25) is 0 Å². The lowest BCUT2D eigenvalue weighted by Gasteiger charge is -2.21. The molecule has 0 saturated carbocycles. The van der Waals surface area contributed by atoms with Crippen LogP contribution in [0.25, 0.3) is 0 Å². The largest absolute Gasteiger partial charge is 0.490 e. The highest BCUT2D eigenvalue weighted by Crippen LogP contribution is 2.30. The molecule has 0 fully saturated rings. The van der Waals surface area contributed by atoms with E-state index < -0.39 is 6.10 Å². The Labute approximate surface area is 165 Å². The lowest BCUT2D eigenvalue weighted by Crippen LogP contribution is -2.39. The summed E-state index contributed by atoms with van der Waals surface area (Å²) in [5.41, 5.74) is 0.900. The van der Waals surface area contributed by atoms with Gasteiger partial charge in [0, 0.05) is 0 Å². The van der Waals surface area contributed by atoms with Crippen molar-refractivity contribution in [3.05, 3.63) is 53.8 Å². The van der Waals surface area contributed by atoms with Crippen LogP contribution in [0.15, 0.2) is 42.5 Å². The van der Waals surface area contributed by atoms with Gasteiger partial charge >= 0.3 is 0 Å². The first-order chi connectivity index (χ1) is 13.5. The Hall–Kier alpha value is -2.76. The van der Waals surface area contributed by atoms with Gasteiger partial charge < -0.3 is 19.5 Å². The maximum atomic E-state index is 13.0. The van der Waals surface area contributed by atoms with Crippen molar-refractivity contribution in [1.82, 2.24) is 5.32 Å². The molecule has 0 aliphatic carbocycles. The predicted octanol–water partition coefficient (Wildman–Crippen LogP) is 4.66. The zero-order valence-corrected chi connectivity index (χ0v) is 16.8. The number of rotatable bonds is 10. The Kier molecular flexibility index (Phi) is 8.11. The summed E-state index contributed by atoms with van der Waals surface area (Å²) in [4.78, 5) is 12.6. The number of benzene rings is 2. The van der Waals surface area contributed by atoms with E-state index in [9.17, 15) is 9.18 Å². The third-order valence-corrected chi connectivity index (χ3v) is 4.18. The molecule has 2 atom stereocenters. The van der Waals surface area contributed by atoms with Crippen molar-refractivity contribution in [2.75, 3.05) is 13.2 Å². The standard InChI is InChI=1S/C22H28FNO4/c1-5-19(28-18-11-9-17(23)10-12-18)22(25)24-15(4)16-8-13-20(26-6-2)21(14-16)27-7-3/h8-15,19H,5-7H2,1-4H3,(H,24,25)/t15-,19+/m0/s1. The highest BCUT2D eigenvalue weighted by atomic mass is 19.1. The van der Waals surface area contributed by atoms with Gasteiger partial charge in [0.1, 0.15) is 11.6 Å². The maximum absolute atomic E-state index is 13.0. The molecule has 0 aromatic heterocycles. The van der Waals surface area contributed by atoms with E-state index >= 15 is 0 Å². The first-order valence-electron chi connectivity index (χ1n) is 9.60. The molecule has 0 aliphatic heterocycles. The zero-order valence-electron chi connectivity index (χ0n) is 16.8. The van der Waals surface area contributed by atoms with Gasteiger partial charge in [-0.1, -0.05) is 13.0 Å². The van der Waals surface area contributed by atoms with E-state index in [1.807, 2.05) is 45.9 Å². The average molecular weight is 389 g/mol. The van der Waals surface area contributed by atoms with Crippen molar-refractivity contribution in [2.24, 2.45) is 0 Å². The third kappa shape index (κ3) is 5.87. The van der Waals surface area contributed by atoms with Crippen molar-refractivity contribution >= 4 is 5.91 Å². The molecule has 0 heterocycles. The quantitative estimate of drug-likeness (QED) is 0.642. The number of halogens is 1. The van der Waals surface area contributed by atoms with Crippen LogP contribution in [-0.2, 0) is 4.79 Å². The normalized spacial score (nSPS) is 12.8. The third-order valence-electron chi connectivity index (χ3n) is 4.18. The lowest BCUT2D eigenvalue weighted by molar-refractivity contribution is -0.128. The van der Waals surface area contributed by atoms with E-state index in [2.05, 4.69) is 5.32 Å². The topological polar surface area (TPSA) is 56.8 Å². The van der Waals surface area contributed by atoms with Crippen molar-refractivity contribution in [3.8, 4) is 17.2 Å². The van der Waals surface area contributed by atoms with E-state index in [0.29, 0.717) is 36.9 Å². The van der Waals surface area contributed by atoms with Gasteiger partial charge in [0.15, 0.2) is 17.6 Å². The van der Waals surface area contributed by atoms with Crippen LogP contribution in [0.5, 0.6) is 17.2 Å². The molecule has 28 heavy (non-hydrogen) atoms. The van der Waals surface area contributed by atoms with Crippen LogP contribution in [-0.4, -0.2) is 25.2 Å². The van der Waals surface area contributed by atoms with Crippen LogP contribution in [0.1, 0.15) is 45.7 Å². The lowest BCUT2D eigenvalue weighted by atomic mass is 10.1. The van der Waals surface area contributed by atoms with Gasteiger partial charge in [-0.25, -0.2) is 4.39 Å². The highest BCUT2D eigenvalue weighted by Gasteiger charge is 2.21. The summed E-state index contributed by atoms with van der Waals surface area (Å²) >= 11 is 0. The fraction of sp³-hybridized carbons (Fsp3) is 0.409. The smallest absolute Gasteiger partial charge is 0.261 e. The molecule has 0 aliphatic rings. The van der Waals surface area contributed by atoms with E-state index in [0.717, 1.165) is 5.56 Å². The van der Waals surface area contributed by atoms with Crippen LogP contribution in [0.3, 0.4) is 0 Å². The molecule has 0 spiro atoms. The molecule has 2 aromatic carbocycles. The summed E-state index contributed by atoms with van der Waals surface area (Å²) in [6.07, 6.45) is -0.175. The minimum atomic E-state index is -0.665. The average Bonchev–Trinajstić information content (AvgIpc) is 2.69.